The van der Waals surface area contributed by atoms with Crippen molar-refractivity contribution in [2.45, 2.75) is 26.8 Å². The van der Waals surface area contributed by atoms with Crippen molar-refractivity contribution in [2.24, 2.45) is 0 Å². The largest absolute Gasteiger partial charge is 0.466 e. The molecule has 0 saturated heterocycles. The average Bonchev–Trinajstić information content (AvgIpc) is 2.75. The standard InChI is InChI=1S/C10H13N3OS/c1-6-4-9(8(3)14-6)7(2)12-10-13-11-5-15-10/h4-5,7H,1-3H3,(H,12,13). The van der Waals surface area contributed by atoms with E-state index in [0.717, 1.165) is 16.7 Å². The van der Waals surface area contributed by atoms with Crippen molar-refractivity contribution >= 4 is 16.5 Å². The van der Waals surface area contributed by atoms with Gasteiger partial charge < -0.3 is 9.73 Å². The maximum atomic E-state index is 5.48. The lowest BCUT2D eigenvalue weighted by Crippen LogP contribution is -2.06. The Labute approximate surface area is 92.3 Å². The van der Waals surface area contributed by atoms with Gasteiger partial charge in [-0.05, 0) is 26.8 Å². The van der Waals surface area contributed by atoms with Crippen molar-refractivity contribution in [3.63, 3.8) is 0 Å². The van der Waals surface area contributed by atoms with Gasteiger partial charge in [0.25, 0.3) is 0 Å². The van der Waals surface area contributed by atoms with E-state index in [9.17, 15) is 0 Å². The molecule has 1 N–H and O–H groups in total. The van der Waals surface area contributed by atoms with E-state index in [0.29, 0.717) is 0 Å². The molecule has 0 aromatic carbocycles. The molecule has 2 heterocycles. The fraction of sp³-hybridized carbons (Fsp3) is 0.400. The van der Waals surface area contributed by atoms with E-state index in [-0.39, 0.29) is 6.04 Å². The number of anilines is 1. The van der Waals surface area contributed by atoms with E-state index in [1.807, 2.05) is 19.9 Å². The Morgan fingerprint density at radius 3 is 2.80 bits per heavy atom. The molecule has 80 valence electrons. The van der Waals surface area contributed by atoms with Crippen molar-refractivity contribution < 1.29 is 4.42 Å². The first-order valence-corrected chi connectivity index (χ1v) is 5.64. The minimum Gasteiger partial charge on any atom is -0.466 e. The van der Waals surface area contributed by atoms with Crippen LogP contribution < -0.4 is 5.32 Å². The number of nitrogens with zero attached hydrogens (tertiary/aromatic N) is 2. The van der Waals surface area contributed by atoms with E-state index < -0.39 is 0 Å². The van der Waals surface area contributed by atoms with E-state index in [2.05, 4.69) is 22.4 Å². The van der Waals surface area contributed by atoms with Crippen LogP contribution in [0.4, 0.5) is 5.13 Å². The highest BCUT2D eigenvalue weighted by Gasteiger charge is 2.13. The first kappa shape index (κ1) is 10.2. The van der Waals surface area contributed by atoms with Gasteiger partial charge in [0, 0.05) is 5.56 Å². The molecule has 0 spiro atoms. The molecular weight excluding hydrogens is 210 g/mol. The zero-order valence-corrected chi connectivity index (χ0v) is 9.76. The second-order valence-corrected chi connectivity index (χ2v) is 4.31. The fourth-order valence-corrected chi connectivity index (χ4v) is 2.11. The highest BCUT2D eigenvalue weighted by Crippen LogP contribution is 2.25. The molecule has 0 aliphatic rings. The molecule has 0 saturated carbocycles. The van der Waals surface area contributed by atoms with Gasteiger partial charge in [-0.1, -0.05) is 11.3 Å². The SMILES string of the molecule is Cc1cc(C(C)Nc2nncs2)c(C)o1. The van der Waals surface area contributed by atoms with E-state index in [1.165, 1.54) is 16.9 Å². The Morgan fingerprint density at radius 2 is 2.27 bits per heavy atom. The number of aromatic nitrogens is 2. The molecule has 2 rings (SSSR count). The van der Waals surface area contributed by atoms with Gasteiger partial charge in [-0.25, -0.2) is 0 Å². The summed E-state index contributed by atoms with van der Waals surface area (Å²) in [6.07, 6.45) is 0. The van der Waals surface area contributed by atoms with Crippen molar-refractivity contribution in [1.29, 1.82) is 0 Å². The van der Waals surface area contributed by atoms with Gasteiger partial charge in [0.1, 0.15) is 17.0 Å². The van der Waals surface area contributed by atoms with Crippen LogP contribution in [0.25, 0.3) is 0 Å². The predicted octanol–water partition coefficient (Wildman–Crippen LogP) is 2.92. The number of aryl methyl sites for hydroxylation is 2. The molecule has 0 aliphatic carbocycles. The molecule has 15 heavy (non-hydrogen) atoms. The Morgan fingerprint density at radius 1 is 1.47 bits per heavy atom. The third-order valence-corrected chi connectivity index (χ3v) is 2.87. The molecule has 1 unspecified atom stereocenters. The van der Waals surface area contributed by atoms with Gasteiger partial charge >= 0.3 is 0 Å². The molecule has 0 bridgehead atoms. The Bertz CT molecular complexity index is 435. The topological polar surface area (TPSA) is 51.0 Å². The molecule has 5 heteroatoms. The van der Waals surface area contributed by atoms with Gasteiger partial charge in [0.05, 0.1) is 6.04 Å². The van der Waals surface area contributed by atoms with Gasteiger partial charge in [-0.2, -0.15) is 0 Å². The van der Waals surface area contributed by atoms with Gasteiger partial charge in [-0.3, -0.25) is 0 Å². The van der Waals surface area contributed by atoms with E-state index in [4.69, 9.17) is 4.42 Å². The van der Waals surface area contributed by atoms with Crippen LogP contribution in [-0.4, -0.2) is 10.2 Å². The van der Waals surface area contributed by atoms with Crippen LogP contribution in [0.15, 0.2) is 16.0 Å². The highest BCUT2D eigenvalue weighted by molar-refractivity contribution is 7.13. The van der Waals surface area contributed by atoms with Crippen LogP contribution in [0, 0.1) is 13.8 Å². The van der Waals surface area contributed by atoms with Crippen molar-refractivity contribution in [3.05, 3.63) is 28.7 Å². The first-order valence-electron chi connectivity index (χ1n) is 4.76. The third kappa shape index (κ3) is 2.18. The lowest BCUT2D eigenvalue weighted by atomic mass is 10.1. The number of nitrogens with one attached hydrogen (secondary N) is 1. The van der Waals surface area contributed by atoms with Crippen molar-refractivity contribution in [3.8, 4) is 0 Å². The van der Waals surface area contributed by atoms with Gasteiger partial charge in [0.2, 0.25) is 5.13 Å². The molecule has 0 amide bonds. The molecule has 2 aromatic rings. The van der Waals surface area contributed by atoms with Crippen LogP contribution in [0.5, 0.6) is 0 Å². The minimum atomic E-state index is 0.190. The monoisotopic (exact) mass is 223 g/mol. The first-order chi connectivity index (χ1) is 7.16. The summed E-state index contributed by atoms with van der Waals surface area (Å²) in [5.74, 6) is 1.89. The fourth-order valence-electron chi connectivity index (χ4n) is 1.58. The number of rotatable bonds is 3. The Hall–Kier alpha value is -1.36. The molecule has 4 nitrogen and oxygen atoms in total. The summed E-state index contributed by atoms with van der Waals surface area (Å²) in [5.41, 5.74) is 2.88. The maximum Gasteiger partial charge on any atom is 0.205 e. The predicted molar refractivity (Wildman–Crippen MR) is 60.1 cm³/mol. The quantitative estimate of drug-likeness (QED) is 0.869. The average molecular weight is 223 g/mol. The molecule has 0 fully saturated rings. The van der Waals surface area contributed by atoms with Crippen LogP contribution in [0.3, 0.4) is 0 Å². The molecular formula is C10H13N3OS. The molecule has 1 atom stereocenters. The normalized spacial score (nSPS) is 12.7. The zero-order chi connectivity index (χ0) is 10.8. The van der Waals surface area contributed by atoms with Crippen molar-refractivity contribution in [2.75, 3.05) is 5.32 Å². The van der Waals surface area contributed by atoms with Crippen LogP contribution in [0.2, 0.25) is 0 Å². The number of furan rings is 1. The smallest absolute Gasteiger partial charge is 0.205 e. The van der Waals surface area contributed by atoms with E-state index >= 15 is 0 Å². The molecule has 0 radical (unpaired) electrons. The second kappa shape index (κ2) is 4.02. The third-order valence-electron chi connectivity index (χ3n) is 2.25. The Kier molecular flexibility index (Phi) is 2.73. The number of hydrogen-bond acceptors (Lipinski definition) is 5. The minimum absolute atomic E-state index is 0.190. The van der Waals surface area contributed by atoms with Crippen LogP contribution >= 0.6 is 11.3 Å². The second-order valence-electron chi connectivity index (χ2n) is 3.48. The summed E-state index contributed by atoms with van der Waals surface area (Å²) in [5, 5.41) is 11.8. The summed E-state index contributed by atoms with van der Waals surface area (Å²) < 4.78 is 5.48. The summed E-state index contributed by atoms with van der Waals surface area (Å²) in [6.45, 7) is 6.01. The summed E-state index contributed by atoms with van der Waals surface area (Å²) in [6, 6.07) is 2.24. The van der Waals surface area contributed by atoms with Crippen LogP contribution in [0.1, 0.15) is 30.0 Å². The summed E-state index contributed by atoms with van der Waals surface area (Å²) >= 11 is 1.49. The molecule has 2 aromatic heterocycles. The lowest BCUT2D eigenvalue weighted by Gasteiger charge is -2.10. The van der Waals surface area contributed by atoms with Gasteiger partial charge in [-0.15, -0.1) is 10.2 Å². The van der Waals surface area contributed by atoms with Crippen molar-refractivity contribution in [1.82, 2.24) is 10.2 Å². The zero-order valence-electron chi connectivity index (χ0n) is 8.94. The van der Waals surface area contributed by atoms with Gasteiger partial charge in [0.15, 0.2) is 0 Å². The lowest BCUT2D eigenvalue weighted by molar-refractivity contribution is 0.500. The van der Waals surface area contributed by atoms with Crippen LogP contribution in [-0.2, 0) is 0 Å². The maximum absolute atomic E-state index is 5.48. The molecule has 0 aliphatic heterocycles. The Balaban J connectivity index is 2.14. The summed E-state index contributed by atoms with van der Waals surface area (Å²) in [4.78, 5) is 0. The highest BCUT2D eigenvalue weighted by atomic mass is 32.1. The van der Waals surface area contributed by atoms with E-state index in [1.54, 1.807) is 5.51 Å². The summed E-state index contributed by atoms with van der Waals surface area (Å²) in [7, 11) is 0. The number of hydrogen-bond donors (Lipinski definition) is 1.